The molecule has 94 valence electrons. The molecule has 1 aromatic heterocycles. The Labute approximate surface area is 111 Å². The minimum absolute atomic E-state index is 0.465. The number of ether oxygens (including phenoxy) is 1. The quantitative estimate of drug-likeness (QED) is 0.852. The molecule has 0 radical (unpaired) electrons. The van der Waals surface area contributed by atoms with Crippen molar-refractivity contribution in [3.8, 4) is 5.75 Å². The van der Waals surface area contributed by atoms with Gasteiger partial charge in [-0.3, -0.25) is 4.57 Å². The summed E-state index contributed by atoms with van der Waals surface area (Å²) in [5.74, 6) is 2.41. The van der Waals surface area contributed by atoms with Gasteiger partial charge in [-0.2, -0.15) is 0 Å². The second-order valence-corrected chi connectivity index (χ2v) is 4.87. The summed E-state index contributed by atoms with van der Waals surface area (Å²) in [6.45, 7) is 0.710. The lowest BCUT2D eigenvalue weighted by Gasteiger charge is -2.08. The highest BCUT2D eigenvalue weighted by Crippen LogP contribution is 2.39. The Kier molecular flexibility index (Phi) is 2.96. The molecule has 0 atom stereocenters. The van der Waals surface area contributed by atoms with Crippen molar-refractivity contribution in [2.45, 2.75) is 25.3 Å². The minimum Gasteiger partial charge on any atom is -0.497 e. The van der Waals surface area contributed by atoms with Gasteiger partial charge in [0.25, 0.3) is 0 Å². The molecule has 1 fully saturated rings. The fourth-order valence-electron chi connectivity index (χ4n) is 2.00. The Bertz CT molecular complexity index is 546. The van der Waals surface area contributed by atoms with Crippen molar-refractivity contribution < 1.29 is 4.74 Å². The number of halogens is 1. The van der Waals surface area contributed by atoms with Crippen LogP contribution >= 0.6 is 11.6 Å². The van der Waals surface area contributed by atoms with Crippen LogP contribution in [0.4, 0.5) is 0 Å². The van der Waals surface area contributed by atoms with Gasteiger partial charge < -0.3 is 4.74 Å². The van der Waals surface area contributed by atoms with Crippen molar-refractivity contribution in [1.29, 1.82) is 0 Å². The van der Waals surface area contributed by atoms with Crippen LogP contribution in [0.1, 0.15) is 30.1 Å². The van der Waals surface area contributed by atoms with E-state index >= 15 is 0 Å². The van der Waals surface area contributed by atoms with E-state index in [0.29, 0.717) is 17.7 Å². The lowest BCUT2D eigenvalue weighted by molar-refractivity contribution is 0.414. The molecule has 0 aliphatic heterocycles. The van der Waals surface area contributed by atoms with Gasteiger partial charge in [-0.05, 0) is 42.1 Å². The molecule has 2 aromatic rings. The van der Waals surface area contributed by atoms with E-state index in [-0.39, 0.29) is 0 Å². The molecule has 1 aliphatic carbocycles. The van der Waals surface area contributed by atoms with E-state index in [9.17, 15) is 0 Å². The minimum atomic E-state index is 0.465. The highest BCUT2D eigenvalue weighted by molar-refractivity contribution is 6.28. The van der Waals surface area contributed by atoms with Crippen molar-refractivity contribution in [1.82, 2.24) is 14.8 Å². The standard InChI is InChI=1S/C13H14ClN3O/c1-18-11-6-2-9(3-7-11)8-17-12(10-4-5-10)15-16-13(17)14/h2-3,6-7,10H,4-5,8H2,1H3. The van der Waals surface area contributed by atoms with E-state index in [1.54, 1.807) is 7.11 Å². The van der Waals surface area contributed by atoms with Gasteiger partial charge in [0.1, 0.15) is 11.6 Å². The number of methoxy groups -OCH3 is 1. The van der Waals surface area contributed by atoms with Crippen molar-refractivity contribution in [2.24, 2.45) is 0 Å². The fourth-order valence-corrected chi connectivity index (χ4v) is 2.18. The van der Waals surface area contributed by atoms with E-state index in [0.717, 1.165) is 11.6 Å². The molecule has 0 spiro atoms. The van der Waals surface area contributed by atoms with Crippen LogP contribution < -0.4 is 4.74 Å². The molecule has 4 nitrogen and oxygen atoms in total. The van der Waals surface area contributed by atoms with E-state index in [2.05, 4.69) is 10.2 Å². The summed E-state index contributed by atoms with van der Waals surface area (Å²) in [6, 6.07) is 7.96. The number of nitrogens with zero attached hydrogens (tertiary/aromatic N) is 3. The van der Waals surface area contributed by atoms with Crippen LogP contribution in [-0.2, 0) is 6.54 Å². The molecule has 18 heavy (non-hydrogen) atoms. The lowest BCUT2D eigenvalue weighted by atomic mass is 10.2. The SMILES string of the molecule is COc1ccc(Cn2c(Cl)nnc2C2CC2)cc1. The molecule has 1 aliphatic rings. The maximum Gasteiger partial charge on any atom is 0.225 e. The number of benzene rings is 1. The highest BCUT2D eigenvalue weighted by Gasteiger charge is 2.29. The molecular formula is C13H14ClN3O. The summed E-state index contributed by atoms with van der Waals surface area (Å²) in [5.41, 5.74) is 1.17. The summed E-state index contributed by atoms with van der Waals surface area (Å²) in [6.07, 6.45) is 2.38. The van der Waals surface area contributed by atoms with Crippen LogP contribution in [0.3, 0.4) is 0 Å². The molecule has 0 bridgehead atoms. The van der Waals surface area contributed by atoms with Gasteiger partial charge in [0.05, 0.1) is 13.7 Å². The van der Waals surface area contributed by atoms with E-state index in [1.807, 2.05) is 28.8 Å². The van der Waals surface area contributed by atoms with Crippen LogP contribution in [0.25, 0.3) is 0 Å². The first-order chi connectivity index (χ1) is 8.78. The lowest BCUT2D eigenvalue weighted by Crippen LogP contribution is -2.04. The molecule has 1 saturated carbocycles. The van der Waals surface area contributed by atoms with Gasteiger partial charge in [-0.15, -0.1) is 10.2 Å². The van der Waals surface area contributed by atoms with Gasteiger partial charge in [0, 0.05) is 5.92 Å². The van der Waals surface area contributed by atoms with E-state index < -0.39 is 0 Å². The van der Waals surface area contributed by atoms with Crippen molar-refractivity contribution in [2.75, 3.05) is 7.11 Å². The van der Waals surface area contributed by atoms with Gasteiger partial charge in [-0.1, -0.05) is 12.1 Å². The number of aromatic nitrogens is 3. The molecule has 0 amide bonds. The second kappa shape index (κ2) is 4.61. The number of hydrogen-bond acceptors (Lipinski definition) is 3. The number of rotatable bonds is 4. The van der Waals surface area contributed by atoms with Crippen LogP contribution in [-0.4, -0.2) is 21.9 Å². The first-order valence-corrected chi connectivity index (χ1v) is 6.37. The van der Waals surface area contributed by atoms with Crippen LogP contribution in [0.5, 0.6) is 5.75 Å². The van der Waals surface area contributed by atoms with Crippen LogP contribution in [0.15, 0.2) is 24.3 Å². The Morgan fingerprint density at radius 3 is 2.61 bits per heavy atom. The van der Waals surface area contributed by atoms with Crippen LogP contribution in [0.2, 0.25) is 5.28 Å². The van der Waals surface area contributed by atoms with Crippen molar-refractivity contribution >= 4 is 11.6 Å². The molecule has 3 rings (SSSR count). The normalized spacial score (nSPS) is 14.8. The summed E-state index contributed by atoms with van der Waals surface area (Å²) in [4.78, 5) is 0. The first kappa shape index (κ1) is 11.5. The maximum absolute atomic E-state index is 6.09. The van der Waals surface area contributed by atoms with Gasteiger partial charge in [-0.25, -0.2) is 0 Å². The summed E-state index contributed by atoms with van der Waals surface area (Å²) < 4.78 is 7.13. The van der Waals surface area contributed by atoms with E-state index in [4.69, 9.17) is 16.3 Å². The van der Waals surface area contributed by atoms with Crippen molar-refractivity contribution in [3.05, 3.63) is 40.9 Å². The molecule has 0 saturated heterocycles. The van der Waals surface area contributed by atoms with Crippen LogP contribution in [0, 0.1) is 0 Å². The molecule has 5 heteroatoms. The molecule has 1 heterocycles. The molecular weight excluding hydrogens is 250 g/mol. The Morgan fingerprint density at radius 2 is 2.00 bits per heavy atom. The third kappa shape index (κ3) is 2.20. The zero-order chi connectivity index (χ0) is 12.5. The zero-order valence-electron chi connectivity index (χ0n) is 10.1. The second-order valence-electron chi connectivity index (χ2n) is 4.54. The highest BCUT2D eigenvalue weighted by atomic mass is 35.5. The molecule has 0 N–H and O–H groups in total. The molecule has 1 aromatic carbocycles. The van der Waals surface area contributed by atoms with Crippen molar-refractivity contribution in [3.63, 3.8) is 0 Å². The Balaban J connectivity index is 1.84. The smallest absolute Gasteiger partial charge is 0.225 e. The van der Waals surface area contributed by atoms with Gasteiger partial charge >= 0.3 is 0 Å². The third-order valence-corrected chi connectivity index (χ3v) is 3.46. The maximum atomic E-state index is 6.09. The van der Waals surface area contributed by atoms with E-state index in [1.165, 1.54) is 18.4 Å². The predicted molar refractivity (Wildman–Crippen MR) is 69.1 cm³/mol. The predicted octanol–water partition coefficient (Wildman–Crippen LogP) is 2.87. The Hall–Kier alpha value is -1.55. The fraction of sp³-hybridized carbons (Fsp3) is 0.385. The zero-order valence-corrected chi connectivity index (χ0v) is 10.9. The topological polar surface area (TPSA) is 39.9 Å². The summed E-state index contributed by atoms with van der Waals surface area (Å²) in [5, 5.41) is 8.59. The summed E-state index contributed by atoms with van der Waals surface area (Å²) >= 11 is 6.09. The monoisotopic (exact) mass is 263 g/mol. The Morgan fingerprint density at radius 1 is 1.28 bits per heavy atom. The first-order valence-electron chi connectivity index (χ1n) is 5.99. The average molecular weight is 264 g/mol. The van der Waals surface area contributed by atoms with Gasteiger partial charge in [0.15, 0.2) is 0 Å². The third-order valence-electron chi connectivity index (χ3n) is 3.18. The largest absolute Gasteiger partial charge is 0.497 e. The molecule has 0 unspecified atom stereocenters. The number of hydrogen-bond donors (Lipinski definition) is 0. The van der Waals surface area contributed by atoms with Gasteiger partial charge in [0.2, 0.25) is 5.28 Å². The summed E-state index contributed by atoms with van der Waals surface area (Å²) in [7, 11) is 1.66. The average Bonchev–Trinajstić information content (AvgIpc) is 3.17.